The molecule has 24 heavy (non-hydrogen) atoms. The zero-order valence-corrected chi connectivity index (χ0v) is 14.0. The van der Waals surface area contributed by atoms with Crippen molar-refractivity contribution in [2.75, 3.05) is 7.11 Å². The topological polar surface area (TPSA) is 93.7 Å². The maximum atomic E-state index is 12.4. The highest BCUT2D eigenvalue weighted by Crippen LogP contribution is 2.28. The Hall–Kier alpha value is -2.83. The molecule has 1 aromatic rings. The Balaban J connectivity index is 2.37. The molecule has 1 aromatic carbocycles. The van der Waals surface area contributed by atoms with Crippen molar-refractivity contribution in [1.29, 1.82) is 0 Å². The third-order valence-corrected chi connectivity index (χ3v) is 3.50. The van der Waals surface area contributed by atoms with Crippen LogP contribution in [0.5, 0.6) is 0 Å². The molecule has 2 amide bonds. The summed E-state index contributed by atoms with van der Waals surface area (Å²) in [5.41, 5.74) is 1.81. The van der Waals surface area contributed by atoms with Crippen LogP contribution in [0, 0.1) is 0 Å². The lowest BCUT2D eigenvalue weighted by molar-refractivity contribution is -0.143. The first-order valence-electron chi connectivity index (χ1n) is 7.51. The monoisotopic (exact) mass is 332 g/mol. The van der Waals surface area contributed by atoms with Crippen LogP contribution in [0.15, 0.2) is 35.5 Å². The van der Waals surface area contributed by atoms with E-state index in [1.165, 1.54) is 7.11 Å². The molecule has 7 heteroatoms. The van der Waals surface area contributed by atoms with Crippen molar-refractivity contribution in [2.45, 2.75) is 32.9 Å². The molecule has 0 radical (unpaired) electrons. The first-order valence-corrected chi connectivity index (χ1v) is 7.51. The van der Waals surface area contributed by atoms with E-state index in [1.54, 1.807) is 45.0 Å². The standard InChI is InChI=1S/C17H20N2O5/c1-9(2)24-16(21)13-10(3)18-17(22)19-14(13)11-5-7-12(8-6-11)15(20)23-4/h5-9,14H,1-4H3,(H2,18,19,22)/t14-/m1/s1. The van der Waals surface area contributed by atoms with Crippen LogP contribution >= 0.6 is 0 Å². The lowest BCUT2D eigenvalue weighted by atomic mass is 9.95. The molecule has 0 saturated heterocycles. The summed E-state index contributed by atoms with van der Waals surface area (Å²) in [6.45, 7) is 5.15. The maximum absolute atomic E-state index is 12.4. The van der Waals surface area contributed by atoms with Gasteiger partial charge < -0.3 is 20.1 Å². The van der Waals surface area contributed by atoms with E-state index in [4.69, 9.17) is 4.74 Å². The van der Waals surface area contributed by atoms with Gasteiger partial charge in [0, 0.05) is 5.70 Å². The molecule has 1 aliphatic rings. The van der Waals surface area contributed by atoms with Crippen LogP contribution < -0.4 is 10.6 Å². The van der Waals surface area contributed by atoms with E-state index in [-0.39, 0.29) is 6.10 Å². The summed E-state index contributed by atoms with van der Waals surface area (Å²) in [6, 6.07) is 5.43. The lowest BCUT2D eigenvalue weighted by Crippen LogP contribution is -2.45. The highest BCUT2D eigenvalue weighted by molar-refractivity contribution is 5.95. The lowest BCUT2D eigenvalue weighted by Gasteiger charge is -2.28. The van der Waals surface area contributed by atoms with Crippen LogP contribution in [0.4, 0.5) is 4.79 Å². The number of carbonyl (C=O) groups excluding carboxylic acids is 3. The van der Waals surface area contributed by atoms with E-state index < -0.39 is 24.0 Å². The van der Waals surface area contributed by atoms with Crippen molar-refractivity contribution >= 4 is 18.0 Å². The van der Waals surface area contributed by atoms with Gasteiger partial charge in [-0.05, 0) is 38.5 Å². The van der Waals surface area contributed by atoms with Gasteiger partial charge in [0.25, 0.3) is 0 Å². The number of amides is 2. The smallest absolute Gasteiger partial charge is 0.338 e. The zero-order valence-electron chi connectivity index (χ0n) is 14.0. The van der Waals surface area contributed by atoms with Gasteiger partial charge in [-0.2, -0.15) is 0 Å². The molecular formula is C17H20N2O5. The molecule has 2 rings (SSSR count). The Labute approximate surface area is 140 Å². The summed E-state index contributed by atoms with van der Waals surface area (Å²) >= 11 is 0. The molecule has 0 aliphatic carbocycles. The number of urea groups is 1. The Morgan fingerprint density at radius 1 is 1.12 bits per heavy atom. The van der Waals surface area contributed by atoms with Gasteiger partial charge in [-0.1, -0.05) is 12.1 Å². The minimum absolute atomic E-state index is 0.280. The Kier molecular flexibility index (Phi) is 5.23. The number of allylic oxidation sites excluding steroid dienone is 1. The van der Waals surface area contributed by atoms with Crippen LogP contribution in [0.2, 0.25) is 0 Å². The van der Waals surface area contributed by atoms with Gasteiger partial charge in [0.2, 0.25) is 0 Å². The minimum Gasteiger partial charge on any atom is -0.465 e. The average Bonchev–Trinajstić information content (AvgIpc) is 2.52. The molecule has 2 N–H and O–H groups in total. The summed E-state index contributed by atoms with van der Waals surface area (Å²) in [6.07, 6.45) is -0.280. The quantitative estimate of drug-likeness (QED) is 0.823. The first kappa shape index (κ1) is 17.5. The highest BCUT2D eigenvalue weighted by Gasteiger charge is 2.32. The number of benzene rings is 1. The van der Waals surface area contributed by atoms with Gasteiger partial charge in [0.1, 0.15) is 0 Å². The molecular weight excluding hydrogens is 312 g/mol. The summed E-state index contributed by atoms with van der Waals surface area (Å²) in [5.74, 6) is -0.959. The summed E-state index contributed by atoms with van der Waals surface area (Å²) in [4.78, 5) is 35.7. The van der Waals surface area contributed by atoms with Gasteiger partial charge in [-0.15, -0.1) is 0 Å². The molecule has 0 fully saturated rings. The number of esters is 2. The Morgan fingerprint density at radius 3 is 2.29 bits per heavy atom. The fourth-order valence-corrected chi connectivity index (χ4v) is 2.42. The van der Waals surface area contributed by atoms with Crippen molar-refractivity contribution in [3.8, 4) is 0 Å². The van der Waals surface area contributed by atoms with E-state index in [1.807, 2.05) is 0 Å². The molecule has 0 unspecified atom stereocenters. The number of hydrogen-bond acceptors (Lipinski definition) is 5. The third-order valence-electron chi connectivity index (χ3n) is 3.50. The molecule has 0 saturated carbocycles. The van der Waals surface area contributed by atoms with Crippen LogP contribution in [0.1, 0.15) is 42.7 Å². The first-order chi connectivity index (χ1) is 11.3. The van der Waals surface area contributed by atoms with E-state index >= 15 is 0 Å². The summed E-state index contributed by atoms with van der Waals surface area (Å²) in [7, 11) is 1.30. The maximum Gasteiger partial charge on any atom is 0.338 e. The van der Waals surface area contributed by atoms with Crippen LogP contribution in [-0.2, 0) is 14.3 Å². The fraction of sp³-hybridized carbons (Fsp3) is 0.353. The van der Waals surface area contributed by atoms with E-state index in [0.717, 1.165) is 0 Å². The van der Waals surface area contributed by atoms with Crippen LogP contribution in [0.3, 0.4) is 0 Å². The van der Waals surface area contributed by atoms with Crippen molar-refractivity contribution in [3.05, 3.63) is 46.7 Å². The van der Waals surface area contributed by atoms with Crippen LogP contribution in [0.25, 0.3) is 0 Å². The molecule has 0 aromatic heterocycles. The average molecular weight is 332 g/mol. The number of rotatable bonds is 4. The molecule has 1 atom stereocenters. The normalized spacial score (nSPS) is 17.2. The van der Waals surface area contributed by atoms with E-state index in [0.29, 0.717) is 22.4 Å². The van der Waals surface area contributed by atoms with Gasteiger partial charge in [0.05, 0.1) is 30.4 Å². The second-order valence-electron chi connectivity index (χ2n) is 5.64. The van der Waals surface area contributed by atoms with Gasteiger partial charge in [0.15, 0.2) is 0 Å². The predicted octanol–water partition coefficient (Wildman–Crippen LogP) is 2.05. The molecule has 128 valence electrons. The molecule has 1 heterocycles. The zero-order chi connectivity index (χ0) is 17.9. The predicted molar refractivity (Wildman–Crippen MR) is 86.1 cm³/mol. The summed E-state index contributed by atoms with van der Waals surface area (Å²) < 4.78 is 9.92. The largest absolute Gasteiger partial charge is 0.465 e. The molecule has 7 nitrogen and oxygen atoms in total. The highest BCUT2D eigenvalue weighted by atomic mass is 16.5. The number of carbonyl (C=O) groups is 3. The molecule has 1 aliphatic heterocycles. The molecule has 0 spiro atoms. The Bertz CT molecular complexity index is 691. The number of ether oxygens (including phenoxy) is 2. The SMILES string of the molecule is COC(=O)c1ccc([C@H]2NC(=O)NC(C)=C2C(=O)OC(C)C)cc1. The van der Waals surface area contributed by atoms with Gasteiger partial charge in [-0.25, -0.2) is 14.4 Å². The number of hydrogen-bond donors (Lipinski definition) is 2. The number of methoxy groups -OCH3 is 1. The van der Waals surface area contributed by atoms with Crippen molar-refractivity contribution in [2.24, 2.45) is 0 Å². The van der Waals surface area contributed by atoms with Crippen molar-refractivity contribution in [1.82, 2.24) is 10.6 Å². The second kappa shape index (κ2) is 7.16. The Morgan fingerprint density at radius 2 is 1.75 bits per heavy atom. The number of nitrogens with one attached hydrogen (secondary N) is 2. The minimum atomic E-state index is -0.656. The van der Waals surface area contributed by atoms with E-state index in [9.17, 15) is 14.4 Å². The van der Waals surface area contributed by atoms with Crippen molar-refractivity contribution < 1.29 is 23.9 Å². The van der Waals surface area contributed by atoms with Crippen molar-refractivity contribution in [3.63, 3.8) is 0 Å². The third kappa shape index (κ3) is 3.73. The van der Waals surface area contributed by atoms with Gasteiger partial charge >= 0.3 is 18.0 Å². The summed E-state index contributed by atoms with van der Waals surface area (Å²) in [5, 5.41) is 5.28. The second-order valence-corrected chi connectivity index (χ2v) is 5.64. The fourth-order valence-electron chi connectivity index (χ4n) is 2.42. The van der Waals surface area contributed by atoms with Gasteiger partial charge in [-0.3, -0.25) is 0 Å². The van der Waals surface area contributed by atoms with E-state index in [2.05, 4.69) is 15.4 Å². The van der Waals surface area contributed by atoms with Crippen LogP contribution in [-0.4, -0.2) is 31.2 Å². The molecule has 0 bridgehead atoms.